The van der Waals surface area contributed by atoms with Gasteiger partial charge in [-0.3, -0.25) is 0 Å². The van der Waals surface area contributed by atoms with Crippen molar-refractivity contribution in [1.29, 1.82) is 5.26 Å². The number of aromatic amines is 1. The minimum absolute atomic E-state index is 0.311. The first-order valence-electron chi connectivity index (χ1n) is 5.02. The Morgan fingerprint density at radius 3 is 2.67 bits per heavy atom. The molecule has 0 spiro atoms. The predicted octanol–water partition coefficient (Wildman–Crippen LogP) is 1.27. The Bertz CT molecular complexity index is 446. The van der Waals surface area contributed by atoms with E-state index in [0.29, 0.717) is 12.2 Å². The van der Waals surface area contributed by atoms with Crippen molar-refractivity contribution in [2.24, 2.45) is 0 Å². The van der Waals surface area contributed by atoms with E-state index in [1.165, 1.54) is 0 Å². The Morgan fingerprint density at radius 1 is 1.53 bits per heavy atom. The quantitative estimate of drug-likeness (QED) is 0.787. The molecule has 80 valence electrons. The molecule has 15 heavy (non-hydrogen) atoms. The first kappa shape index (κ1) is 13.2. The SMILES string of the molecule is C=C/C=c1/[nH]c(CC#N)n/c1=C/C.CC. The van der Waals surface area contributed by atoms with Crippen LogP contribution in [0.1, 0.15) is 26.6 Å². The molecule has 0 amide bonds. The van der Waals surface area contributed by atoms with Gasteiger partial charge in [0, 0.05) is 0 Å². The molecule has 1 N–H and O–H groups in total. The van der Waals surface area contributed by atoms with Crippen LogP contribution in [0.4, 0.5) is 0 Å². The number of nitrogens with one attached hydrogen (secondary N) is 1. The summed E-state index contributed by atoms with van der Waals surface area (Å²) in [6.07, 6.45) is 5.73. The van der Waals surface area contributed by atoms with Gasteiger partial charge in [0.15, 0.2) is 0 Å². The van der Waals surface area contributed by atoms with Crippen LogP contribution < -0.4 is 10.7 Å². The van der Waals surface area contributed by atoms with Crippen molar-refractivity contribution in [1.82, 2.24) is 9.97 Å². The number of nitriles is 1. The first-order valence-corrected chi connectivity index (χ1v) is 5.02. The maximum Gasteiger partial charge on any atom is 0.121 e. The summed E-state index contributed by atoms with van der Waals surface area (Å²) in [5, 5.41) is 10.2. The highest BCUT2D eigenvalue weighted by Gasteiger charge is 1.95. The maximum atomic E-state index is 8.47. The highest BCUT2D eigenvalue weighted by atomic mass is 14.9. The summed E-state index contributed by atoms with van der Waals surface area (Å²) in [5.41, 5.74) is 0. The smallest absolute Gasteiger partial charge is 0.121 e. The second-order valence-corrected chi connectivity index (χ2v) is 2.51. The minimum Gasteiger partial charge on any atom is -0.341 e. The van der Waals surface area contributed by atoms with E-state index in [-0.39, 0.29) is 0 Å². The van der Waals surface area contributed by atoms with Crippen molar-refractivity contribution in [2.75, 3.05) is 0 Å². The third-order valence-electron chi connectivity index (χ3n) is 1.61. The van der Waals surface area contributed by atoms with Crippen LogP contribution in [-0.2, 0) is 6.42 Å². The summed E-state index contributed by atoms with van der Waals surface area (Å²) in [6, 6.07) is 2.04. The van der Waals surface area contributed by atoms with Crippen molar-refractivity contribution >= 4 is 12.2 Å². The van der Waals surface area contributed by atoms with Crippen molar-refractivity contribution in [2.45, 2.75) is 27.2 Å². The molecule has 0 fully saturated rings. The van der Waals surface area contributed by atoms with Crippen LogP contribution in [0, 0.1) is 11.3 Å². The Labute approximate surface area is 90.5 Å². The van der Waals surface area contributed by atoms with Crippen molar-refractivity contribution in [3.8, 4) is 6.07 Å². The summed E-state index contributed by atoms with van der Waals surface area (Å²) in [5.74, 6) is 0.698. The summed E-state index contributed by atoms with van der Waals surface area (Å²) in [6.45, 7) is 9.51. The zero-order valence-corrected chi connectivity index (χ0v) is 9.54. The molecule has 0 saturated carbocycles. The lowest BCUT2D eigenvalue weighted by molar-refractivity contribution is 1.05. The van der Waals surface area contributed by atoms with Gasteiger partial charge in [-0.05, 0) is 13.0 Å². The average Bonchev–Trinajstić information content (AvgIpc) is 2.65. The van der Waals surface area contributed by atoms with Crippen molar-refractivity contribution in [3.05, 3.63) is 29.2 Å². The van der Waals surface area contributed by atoms with Crippen LogP contribution in [0.25, 0.3) is 12.2 Å². The van der Waals surface area contributed by atoms with E-state index < -0.39 is 0 Å². The molecule has 0 radical (unpaired) electrons. The number of hydrogen-bond donors (Lipinski definition) is 1. The molecule has 1 aromatic heterocycles. The Kier molecular flexibility index (Phi) is 6.65. The fraction of sp³-hybridized carbons (Fsp3) is 0.333. The van der Waals surface area contributed by atoms with E-state index in [2.05, 4.69) is 16.5 Å². The number of rotatable bonds is 2. The molecule has 1 heterocycles. The average molecular weight is 203 g/mol. The van der Waals surface area contributed by atoms with Crippen LogP contribution in [0.3, 0.4) is 0 Å². The van der Waals surface area contributed by atoms with E-state index in [1.807, 2.05) is 39.0 Å². The molecular formula is C12H17N3. The zero-order chi connectivity index (χ0) is 11.7. The van der Waals surface area contributed by atoms with E-state index in [4.69, 9.17) is 5.26 Å². The zero-order valence-electron chi connectivity index (χ0n) is 9.54. The number of H-pyrrole nitrogens is 1. The van der Waals surface area contributed by atoms with Gasteiger partial charge in [0.2, 0.25) is 0 Å². The molecule has 0 aliphatic rings. The highest BCUT2D eigenvalue weighted by Crippen LogP contribution is 1.80. The maximum absolute atomic E-state index is 8.47. The standard InChI is InChI=1S/C10H11N3.C2H6/c1-3-5-9-8(4-2)12-10(13-9)6-7-11;1-2/h3-5H,1,6H2,2H3,(H,12,13);1-2H3/b8-4+,9-5+;. The van der Waals surface area contributed by atoms with Crippen LogP contribution in [0.2, 0.25) is 0 Å². The van der Waals surface area contributed by atoms with Crippen LogP contribution in [-0.4, -0.2) is 9.97 Å². The van der Waals surface area contributed by atoms with Crippen LogP contribution in [0.15, 0.2) is 12.7 Å². The summed E-state index contributed by atoms with van der Waals surface area (Å²) >= 11 is 0. The first-order chi connectivity index (χ1) is 7.31. The molecule has 0 saturated heterocycles. The molecule has 1 rings (SSSR count). The van der Waals surface area contributed by atoms with Crippen molar-refractivity contribution in [3.63, 3.8) is 0 Å². The van der Waals surface area contributed by atoms with Crippen molar-refractivity contribution < 1.29 is 0 Å². The molecule has 0 aromatic carbocycles. The lowest BCUT2D eigenvalue weighted by atomic mass is 10.4. The number of hydrogen-bond acceptors (Lipinski definition) is 2. The molecule has 0 aliphatic heterocycles. The van der Waals surface area contributed by atoms with Crippen LogP contribution in [0.5, 0.6) is 0 Å². The van der Waals surface area contributed by atoms with E-state index in [1.54, 1.807) is 6.08 Å². The fourth-order valence-corrected chi connectivity index (χ4v) is 1.08. The molecule has 0 bridgehead atoms. The lowest BCUT2D eigenvalue weighted by Crippen LogP contribution is -2.23. The summed E-state index contributed by atoms with van der Waals surface area (Å²) in [4.78, 5) is 7.27. The Balaban J connectivity index is 0.000000921. The molecular weight excluding hydrogens is 186 g/mol. The third-order valence-corrected chi connectivity index (χ3v) is 1.61. The van der Waals surface area contributed by atoms with E-state index in [9.17, 15) is 0 Å². The molecule has 0 aliphatic carbocycles. The Morgan fingerprint density at radius 2 is 2.20 bits per heavy atom. The molecule has 1 aromatic rings. The summed E-state index contributed by atoms with van der Waals surface area (Å²) in [7, 11) is 0. The minimum atomic E-state index is 0.311. The van der Waals surface area contributed by atoms with Gasteiger partial charge in [-0.2, -0.15) is 5.26 Å². The normalized spacial score (nSPS) is 11.6. The van der Waals surface area contributed by atoms with Gasteiger partial charge < -0.3 is 4.98 Å². The number of allylic oxidation sites excluding steroid dienone is 1. The molecule has 0 atom stereocenters. The Hall–Kier alpha value is -1.82. The summed E-state index contributed by atoms with van der Waals surface area (Å²) < 4.78 is 0. The fourth-order valence-electron chi connectivity index (χ4n) is 1.08. The van der Waals surface area contributed by atoms with Gasteiger partial charge in [-0.1, -0.05) is 32.6 Å². The van der Waals surface area contributed by atoms with Gasteiger partial charge in [-0.25, -0.2) is 4.98 Å². The van der Waals surface area contributed by atoms with Gasteiger partial charge in [0.25, 0.3) is 0 Å². The monoisotopic (exact) mass is 203 g/mol. The molecule has 3 nitrogen and oxygen atoms in total. The van der Waals surface area contributed by atoms with Gasteiger partial charge >= 0.3 is 0 Å². The lowest BCUT2D eigenvalue weighted by Gasteiger charge is -1.79. The number of aromatic nitrogens is 2. The van der Waals surface area contributed by atoms with E-state index >= 15 is 0 Å². The van der Waals surface area contributed by atoms with Gasteiger partial charge in [0.05, 0.1) is 23.2 Å². The number of imidazole rings is 1. The van der Waals surface area contributed by atoms with Crippen LogP contribution >= 0.6 is 0 Å². The second kappa shape index (κ2) is 7.57. The van der Waals surface area contributed by atoms with Gasteiger partial charge in [-0.15, -0.1) is 0 Å². The van der Waals surface area contributed by atoms with E-state index in [0.717, 1.165) is 10.7 Å². The number of nitrogens with zero attached hydrogens (tertiary/aromatic N) is 2. The highest BCUT2D eigenvalue weighted by molar-refractivity contribution is 5.34. The van der Waals surface area contributed by atoms with Gasteiger partial charge in [0.1, 0.15) is 5.82 Å². The predicted molar refractivity (Wildman–Crippen MR) is 63.3 cm³/mol. The molecule has 0 unspecified atom stereocenters. The third kappa shape index (κ3) is 3.82. The molecule has 3 heteroatoms. The topological polar surface area (TPSA) is 52.5 Å². The largest absolute Gasteiger partial charge is 0.341 e. The second-order valence-electron chi connectivity index (χ2n) is 2.51.